The Labute approximate surface area is 216 Å². The van der Waals surface area contributed by atoms with Gasteiger partial charge in [0, 0.05) is 13.1 Å². The molecule has 2 aromatic carbocycles. The zero-order valence-electron chi connectivity index (χ0n) is 21.9. The van der Waals surface area contributed by atoms with Gasteiger partial charge in [-0.05, 0) is 62.5 Å². The van der Waals surface area contributed by atoms with Crippen LogP contribution >= 0.6 is 0 Å². The third kappa shape index (κ3) is 6.03. The van der Waals surface area contributed by atoms with Crippen LogP contribution in [0.25, 0.3) is 0 Å². The Morgan fingerprint density at radius 3 is 1.33 bits per heavy atom. The van der Waals surface area contributed by atoms with Crippen molar-refractivity contribution in [2.45, 2.75) is 89.4 Å². The largest absolute Gasteiger partial charge is 0.368 e. The van der Waals surface area contributed by atoms with Gasteiger partial charge in [0.15, 0.2) is 0 Å². The van der Waals surface area contributed by atoms with Gasteiger partial charge in [-0.25, -0.2) is 0 Å². The maximum Gasteiger partial charge on any atom is 0.138 e. The van der Waals surface area contributed by atoms with Crippen LogP contribution in [0, 0.1) is 22.7 Å². The molecule has 4 N–H and O–H groups in total. The van der Waals surface area contributed by atoms with Crippen molar-refractivity contribution in [2.24, 2.45) is 22.1 Å². The second kappa shape index (κ2) is 11.8. The summed E-state index contributed by atoms with van der Waals surface area (Å²) in [6.45, 7) is 5.35. The van der Waals surface area contributed by atoms with Crippen LogP contribution in [0.15, 0.2) is 70.9 Å². The minimum absolute atomic E-state index is 0.288. The summed E-state index contributed by atoms with van der Waals surface area (Å²) in [5, 5.41) is 34.8. The first-order chi connectivity index (χ1) is 17.4. The number of hydrogen-bond acceptors (Lipinski definition) is 4. The number of azo groups is 1. The van der Waals surface area contributed by atoms with Gasteiger partial charge in [0.25, 0.3) is 0 Å². The Morgan fingerprint density at radius 1 is 0.667 bits per heavy atom. The molecular formula is C30H42N6. The van der Waals surface area contributed by atoms with Crippen LogP contribution in [0.2, 0.25) is 0 Å². The van der Waals surface area contributed by atoms with Gasteiger partial charge in [-0.3, -0.25) is 10.8 Å². The molecule has 4 rings (SSSR count). The molecule has 0 heterocycles. The van der Waals surface area contributed by atoms with E-state index in [0.29, 0.717) is 24.8 Å². The van der Waals surface area contributed by atoms with E-state index in [1.54, 1.807) is 0 Å². The normalized spacial score (nSPS) is 20.2. The van der Waals surface area contributed by atoms with E-state index >= 15 is 0 Å². The summed E-state index contributed by atoms with van der Waals surface area (Å²) in [7, 11) is 0. The fraction of sp³-hybridized carbons (Fsp3) is 0.533. The van der Waals surface area contributed by atoms with E-state index in [2.05, 4.69) is 48.7 Å². The monoisotopic (exact) mass is 486 g/mol. The Bertz CT molecular complexity index is 940. The van der Waals surface area contributed by atoms with Gasteiger partial charge >= 0.3 is 0 Å². The van der Waals surface area contributed by atoms with Crippen LogP contribution < -0.4 is 10.6 Å². The molecule has 2 aliphatic carbocycles. The first-order valence-electron chi connectivity index (χ1n) is 13.6. The zero-order valence-corrected chi connectivity index (χ0v) is 21.9. The van der Waals surface area contributed by atoms with Crippen LogP contribution in [-0.2, 0) is 13.1 Å². The fourth-order valence-electron chi connectivity index (χ4n) is 5.79. The van der Waals surface area contributed by atoms with Crippen molar-refractivity contribution >= 4 is 11.7 Å². The molecule has 0 bridgehead atoms. The van der Waals surface area contributed by atoms with Crippen molar-refractivity contribution in [3.05, 3.63) is 71.8 Å². The van der Waals surface area contributed by atoms with Crippen molar-refractivity contribution in [1.82, 2.24) is 10.6 Å². The quantitative estimate of drug-likeness (QED) is 0.167. The zero-order chi connectivity index (χ0) is 25.4. The summed E-state index contributed by atoms with van der Waals surface area (Å²) >= 11 is 0. The molecule has 0 aliphatic heterocycles. The lowest BCUT2D eigenvalue weighted by atomic mass is 9.82. The maximum atomic E-state index is 9.04. The summed E-state index contributed by atoms with van der Waals surface area (Å²) in [5.74, 6) is 1.44. The third-order valence-corrected chi connectivity index (χ3v) is 8.40. The van der Waals surface area contributed by atoms with Crippen molar-refractivity contribution in [1.29, 1.82) is 10.8 Å². The molecule has 2 aliphatic rings. The summed E-state index contributed by atoms with van der Waals surface area (Å²) in [4.78, 5) is 0. The summed E-state index contributed by atoms with van der Waals surface area (Å²) in [5.41, 5.74) is 0.863. The Kier molecular flexibility index (Phi) is 8.55. The molecule has 0 amide bonds. The lowest BCUT2D eigenvalue weighted by Crippen LogP contribution is -2.50. The molecule has 2 aromatic rings. The minimum Gasteiger partial charge on any atom is -0.368 e. The van der Waals surface area contributed by atoms with Crippen LogP contribution in [-0.4, -0.2) is 22.7 Å². The van der Waals surface area contributed by atoms with Gasteiger partial charge in [0.1, 0.15) is 22.7 Å². The van der Waals surface area contributed by atoms with E-state index in [0.717, 1.165) is 36.8 Å². The molecule has 0 aromatic heterocycles. The standard InChI is InChI=1S/C30H42N6/c1-29(25-17-9-10-18-25,27(31)33-21-23-13-5-3-6-14-23)35-36-30(2,26-19-11-12-20-26)28(32)34-22-24-15-7-4-8-16-24/h3-8,13-16,25-26H,9-12,17-22H2,1-2H3,(H2,31,33)(H2,32,34)/b36-35+. The molecule has 0 saturated heterocycles. The average Bonchev–Trinajstić information content (AvgIpc) is 3.65. The lowest BCUT2D eigenvalue weighted by Gasteiger charge is -2.36. The lowest BCUT2D eigenvalue weighted by molar-refractivity contribution is 0.321. The van der Waals surface area contributed by atoms with E-state index in [1.165, 1.54) is 25.7 Å². The van der Waals surface area contributed by atoms with Crippen LogP contribution in [0.3, 0.4) is 0 Å². The van der Waals surface area contributed by atoms with E-state index < -0.39 is 11.1 Å². The molecular weight excluding hydrogens is 444 g/mol. The Balaban J connectivity index is 1.55. The topological polar surface area (TPSA) is 96.5 Å². The second-order valence-corrected chi connectivity index (χ2v) is 10.9. The molecule has 6 heteroatoms. The highest BCUT2D eigenvalue weighted by molar-refractivity contribution is 5.90. The second-order valence-electron chi connectivity index (χ2n) is 10.9. The van der Waals surface area contributed by atoms with E-state index in [-0.39, 0.29) is 11.8 Å². The van der Waals surface area contributed by atoms with E-state index in [9.17, 15) is 0 Å². The Hall–Kier alpha value is -3.02. The third-order valence-electron chi connectivity index (χ3n) is 8.40. The number of nitrogens with zero attached hydrogens (tertiary/aromatic N) is 2. The average molecular weight is 487 g/mol. The predicted octanol–water partition coefficient (Wildman–Crippen LogP) is 6.87. The molecule has 6 nitrogen and oxygen atoms in total. The highest BCUT2D eigenvalue weighted by Crippen LogP contribution is 2.41. The maximum absolute atomic E-state index is 9.04. The number of nitrogens with one attached hydrogen (secondary N) is 4. The Morgan fingerprint density at radius 2 is 1.00 bits per heavy atom. The first kappa shape index (κ1) is 26.1. The van der Waals surface area contributed by atoms with Crippen molar-refractivity contribution in [3.63, 3.8) is 0 Å². The van der Waals surface area contributed by atoms with Crippen LogP contribution in [0.1, 0.15) is 76.3 Å². The summed E-state index contributed by atoms with van der Waals surface area (Å²) in [6, 6.07) is 20.4. The van der Waals surface area contributed by atoms with Gasteiger partial charge in [-0.2, -0.15) is 10.2 Å². The molecule has 192 valence electrons. The van der Waals surface area contributed by atoms with E-state index in [1.807, 2.05) is 36.4 Å². The van der Waals surface area contributed by atoms with Gasteiger partial charge in [0.2, 0.25) is 0 Å². The minimum atomic E-state index is -0.717. The molecule has 0 spiro atoms. The SMILES string of the molecule is CC(/N=N/C(C)(C(=N)NCc1ccccc1)C1CCCC1)(C(=N)NCc1ccccc1)C1CCCC1. The number of hydrogen-bond donors (Lipinski definition) is 4. The summed E-state index contributed by atoms with van der Waals surface area (Å²) < 4.78 is 0. The molecule has 36 heavy (non-hydrogen) atoms. The van der Waals surface area contributed by atoms with Gasteiger partial charge in [-0.1, -0.05) is 86.3 Å². The van der Waals surface area contributed by atoms with Crippen molar-refractivity contribution in [2.75, 3.05) is 0 Å². The first-order valence-corrected chi connectivity index (χ1v) is 13.6. The van der Waals surface area contributed by atoms with E-state index in [4.69, 9.17) is 21.0 Å². The highest BCUT2D eigenvalue weighted by atomic mass is 15.2. The van der Waals surface area contributed by atoms with Gasteiger partial charge in [0.05, 0.1) is 0 Å². The highest BCUT2D eigenvalue weighted by Gasteiger charge is 2.44. The number of benzene rings is 2. The summed E-state index contributed by atoms with van der Waals surface area (Å²) in [6.07, 6.45) is 8.96. The van der Waals surface area contributed by atoms with Crippen LogP contribution in [0.5, 0.6) is 0 Å². The van der Waals surface area contributed by atoms with Crippen molar-refractivity contribution < 1.29 is 0 Å². The fourth-order valence-corrected chi connectivity index (χ4v) is 5.79. The molecule has 2 unspecified atom stereocenters. The van der Waals surface area contributed by atoms with Crippen molar-refractivity contribution in [3.8, 4) is 0 Å². The van der Waals surface area contributed by atoms with Crippen LogP contribution in [0.4, 0.5) is 0 Å². The number of rotatable bonds is 10. The molecule has 2 saturated carbocycles. The number of amidine groups is 2. The van der Waals surface area contributed by atoms with Gasteiger partial charge in [-0.15, -0.1) is 0 Å². The predicted molar refractivity (Wildman–Crippen MR) is 148 cm³/mol. The molecule has 2 atom stereocenters. The van der Waals surface area contributed by atoms with Gasteiger partial charge < -0.3 is 10.6 Å². The smallest absolute Gasteiger partial charge is 0.138 e. The molecule has 2 fully saturated rings. The molecule has 0 radical (unpaired) electrons.